The minimum absolute atomic E-state index is 0.147. The fourth-order valence-corrected chi connectivity index (χ4v) is 5.08. The van der Waals surface area contributed by atoms with Gasteiger partial charge in [0.15, 0.2) is 0 Å². The summed E-state index contributed by atoms with van der Waals surface area (Å²) < 4.78 is 0.282. The number of allylic oxidation sites excluding steroid dienone is 2. The molecule has 2 atom stereocenters. The van der Waals surface area contributed by atoms with Gasteiger partial charge >= 0.3 is 0 Å². The zero-order chi connectivity index (χ0) is 14.1. The Morgan fingerprint density at radius 2 is 2.10 bits per heavy atom. The van der Waals surface area contributed by atoms with E-state index in [0.29, 0.717) is 21.2 Å². The molecule has 0 saturated carbocycles. The number of benzene rings is 1. The van der Waals surface area contributed by atoms with E-state index in [-0.39, 0.29) is 16.4 Å². The molecule has 20 heavy (non-hydrogen) atoms. The number of nitrogens with zero attached hydrogens (tertiary/aromatic N) is 1. The predicted octanol–water partition coefficient (Wildman–Crippen LogP) is 3.90. The van der Waals surface area contributed by atoms with Crippen molar-refractivity contribution in [2.24, 2.45) is 5.92 Å². The Bertz CT molecular complexity index is 661. The highest BCUT2D eigenvalue weighted by atomic mass is 35.5. The van der Waals surface area contributed by atoms with Crippen molar-refractivity contribution in [3.05, 3.63) is 51.3 Å². The molecule has 0 bridgehead atoms. The number of hydrogen-bond acceptors (Lipinski definition) is 4. The quantitative estimate of drug-likeness (QED) is 0.898. The second kappa shape index (κ2) is 5.57. The zero-order valence-corrected chi connectivity index (χ0v) is 12.6. The van der Waals surface area contributed by atoms with Crippen LogP contribution in [0.4, 0.5) is 5.69 Å². The fourth-order valence-electron chi connectivity index (χ4n) is 1.99. The lowest BCUT2D eigenvalue weighted by Gasteiger charge is -2.07. The molecule has 1 aromatic carbocycles. The lowest BCUT2D eigenvalue weighted by atomic mass is 10.1. The Morgan fingerprint density at radius 3 is 2.75 bits per heavy atom. The molecule has 100 valence electrons. The molecule has 0 radical (unpaired) electrons. The van der Waals surface area contributed by atoms with E-state index in [0.717, 1.165) is 0 Å². The molecule has 1 amide bonds. The standard InChI is InChI=1S/C14H9ClN2OS2/c15-11-10-5-6-19-14(10)20-12(11)13(18)17-9-3-1-8(7-16)2-4-9/h1-6,10,14H,(H,17,18). The van der Waals surface area contributed by atoms with Crippen LogP contribution in [0.3, 0.4) is 0 Å². The van der Waals surface area contributed by atoms with Gasteiger partial charge in [-0.25, -0.2) is 0 Å². The smallest absolute Gasteiger partial charge is 0.263 e. The number of halogens is 1. The first-order chi connectivity index (χ1) is 9.69. The fraction of sp³-hybridized carbons (Fsp3) is 0.143. The lowest BCUT2D eigenvalue weighted by Crippen LogP contribution is -2.12. The van der Waals surface area contributed by atoms with Gasteiger partial charge in [0.2, 0.25) is 0 Å². The van der Waals surface area contributed by atoms with E-state index in [1.165, 1.54) is 11.8 Å². The average molecular weight is 321 g/mol. The second-order valence-electron chi connectivity index (χ2n) is 4.30. The van der Waals surface area contributed by atoms with Crippen LogP contribution in [0.15, 0.2) is 45.7 Å². The molecule has 0 fully saturated rings. The number of hydrogen-bond donors (Lipinski definition) is 1. The Hall–Kier alpha value is -1.35. The Balaban J connectivity index is 1.75. The molecular formula is C14H9ClN2OS2. The second-order valence-corrected chi connectivity index (χ2v) is 7.21. The van der Waals surface area contributed by atoms with Crippen molar-refractivity contribution >= 4 is 46.7 Å². The largest absolute Gasteiger partial charge is 0.322 e. The van der Waals surface area contributed by atoms with Gasteiger partial charge in [0.25, 0.3) is 5.91 Å². The molecule has 3 nitrogen and oxygen atoms in total. The van der Waals surface area contributed by atoms with Gasteiger partial charge in [0.05, 0.1) is 21.1 Å². The van der Waals surface area contributed by atoms with Gasteiger partial charge in [-0.3, -0.25) is 4.79 Å². The number of fused-ring (bicyclic) bond motifs is 1. The van der Waals surface area contributed by atoms with Crippen LogP contribution in [0.2, 0.25) is 0 Å². The molecular weight excluding hydrogens is 312 g/mol. The monoisotopic (exact) mass is 320 g/mol. The summed E-state index contributed by atoms with van der Waals surface area (Å²) in [5.41, 5.74) is 1.22. The minimum Gasteiger partial charge on any atom is -0.322 e. The summed E-state index contributed by atoms with van der Waals surface area (Å²) in [5.74, 6) is -0.0403. The lowest BCUT2D eigenvalue weighted by molar-refractivity contribution is -0.112. The maximum atomic E-state index is 12.2. The van der Waals surface area contributed by atoms with Crippen molar-refractivity contribution in [1.29, 1.82) is 5.26 Å². The number of rotatable bonds is 2. The van der Waals surface area contributed by atoms with Crippen molar-refractivity contribution in [3.63, 3.8) is 0 Å². The van der Waals surface area contributed by atoms with E-state index in [1.54, 1.807) is 36.0 Å². The highest BCUT2D eigenvalue weighted by Crippen LogP contribution is 2.53. The van der Waals surface area contributed by atoms with E-state index in [9.17, 15) is 4.79 Å². The van der Waals surface area contributed by atoms with E-state index < -0.39 is 0 Å². The number of thioether (sulfide) groups is 2. The molecule has 1 aromatic rings. The SMILES string of the molecule is N#Cc1ccc(NC(=O)C2=C(Cl)C3C=CSC3S2)cc1. The highest BCUT2D eigenvalue weighted by Gasteiger charge is 2.38. The van der Waals surface area contributed by atoms with E-state index in [4.69, 9.17) is 16.9 Å². The predicted molar refractivity (Wildman–Crippen MR) is 84.3 cm³/mol. The van der Waals surface area contributed by atoms with Gasteiger partial charge in [-0.15, -0.1) is 23.5 Å². The normalized spacial score (nSPS) is 23.6. The molecule has 2 aliphatic rings. The van der Waals surface area contributed by atoms with Crippen molar-refractivity contribution < 1.29 is 4.79 Å². The van der Waals surface area contributed by atoms with Crippen molar-refractivity contribution in [3.8, 4) is 6.07 Å². The summed E-state index contributed by atoms with van der Waals surface area (Å²) in [4.78, 5) is 12.8. The third-order valence-corrected chi connectivity index (χ3v) is 6.23. The van der Waals surface area contributed by atoms with Crippen LogP contribution >= 0.6 is 35.1 Å². The first-order valence-electron chi connectivity index (χ1n) is 5.89. The molecule has 6 heteroatoms. The van der Waals surface area contributed by atoms with E-state index >= 15 is 0 Å². The Morgan fingerprint density at radius 1 is 1.35 bits per heavy atom. The molecule has 1 N–H and O–H groups in total. The zero-order valence-electron chi connectivity index (χ0n) is 10.2. The molecule has 2 aliphatic heterocycles. The van der Waals surface area contributed by atoms with Gasteiger partial charge in [-0.05, 0) is 29.7 Å². The molecule has 3 rings (SSSR count). The molecule has 0 aromatic heterocycles. The first kappa shape index (κ1) is 13.6. The summed E-state index contributed by atoms with van der Waals surface area (Å²) in [6.45, 7) is 0. The third kappa shape index (κ3) is 2.47. The van der Waals surface area contributed by atoms with E-state index in [2.05, 4.69) is 5.32 Å². The summed E-state index contributed by atoms with van der Waals surface area (Å²) in [6, 6.07) is 8.79. The minimum atomic E-state index is -0.187. The molecule has 0 saturated heterocycles. The maximum absolute atomic E-state index is 12.2. The topological polar surface area (TPSA) is 52.9 Å². The van der Waals surface area contributed by atoms with Crippen LogP contribution in [-0.4, -0.2) is 10.5 Å². The number of nitrogens with one attached hydrogen (secondary N) is 1. The van der Waals surface area contributed by atoms with Crippen molar-refractivity contribution in [2.75, 3.05) is 5.32 Å². The number of carbonyl (C=O) groups excluding carboxylic acids is 1. The molecule has 0 spiro atoms. The van der Waals surface area contributed by atoms with Crippen LogP contribution in [0.5, 0.6) is 0 Å². The van der Waals surface area contributed by atoms with E-state index in [1.807, 2.05) is 17.6 Å². The summed E-state index contributed by atoms with van der Waals surface area (Å²) >= 11 is 9.48. The third-order valence-electron chi connectivity index (χ3n) is 3.01. The Kier molecular flexibility index (Phi) is 3.79. The van der Waals surface area contributed by atoms with Gasteiger partial charge < -0.3 is 5.32 Å². The van der Waals surface area contributed by atoms with Crippen LogP contribution in [0.1, 0.15) is 5.56 Å². The van der Waals surface area contributed by atoms with Gasteiger partial charge in [0, 0.05) is 16.6 Å². The van der Waals surface area contributed by atoms with Gasteiger partial charge in [-0.1, -0.05) is 17.7 Å². The number of nitriles is 1. The van der Waals surface area contributed by atoms with Crippen molar-refractivity contribution in [1.82, 2.24) is 0 Å². The van der Waals surface area contributed by atoms with Crippen molar-refractivity contribution in [2.45, 2.75) is 4.58 Å². The molecule has 0 aliphatic carbocycles. The average Bonchev–Trinajstić information content (AvgIpc) is 3.03. The van der Waals surface area contributed by atoms with Crippen LogP contribution in [0, 0.1) is 17.2 Å². The van der Waals surface area contributed by atoms with Crippen LogP contribution in [-0.2, 0) is 4.79 Å². The van der Waals surface area contributed by atoms with Gasteiger partial charge in [-0.2, -0.15) is 5.26 Å². The summed E-state index contributed by atoms with van der Waals surface area (Å²) in [7, 11) is 0. The Labute approximate surface area is 130 Å². The van der Waals surface area contributed by atoms with Crippen LogP contribution in [0.25, 0.3) is 0 Å². The number of amides is 1. The molecule has 2 heterocycles. The first-order valence-corrected chi connectivity index (χ1v) is 8.09. The van der Waals surface area contributed by atoms with Gasteiger partial charge in [0.1, 0.15) is 0 Å². The number of anilines is 1. The highest BCUT2D eigenvalue weighted by molar-refractivity contribution is 8.20. The number of carbonyl (C=O) groups is 1. The summed E-state index contributed by atoms with van der Waals surface area (Å²) in [6.07, 6.45) is 2.03. The molecule has 2 unspecified atom stereocenters. The van der Waals surface area contributed by atoms with Crippen LogP contribution < -0.4 is 5.32 Å². The maximum Gasteiger partial charge on any atom is 0.263 e. The summed E-state index contributed by atoms with van der Waals surface area (Å²) in [5, 5.41) is 14.2.